The van der Waals surface area contributed by atoms with Gasteiger partial charge < -0.3 is 10.1 Å². The van der Waals surface area contributed by atoms with Crippen molar-refractivity contribution in [2.45, 2.75) is 32.6 Å². The van der Waals surface area contributed by atoms with Crippen LogP contribution in [-0.4, -0.2) is 19.7 Å². The van der Waals surface area contributed by atoms with E-state index in [-0.39, 0.29) is 0 Å². The standard InChI is InChI=1S/C14H22ClNO/c1-2-3-4-5-9-16-10-11-17-14-8-6-7-13(15)12-14/h6-8,12,16H,2-5,9-11H2,1H3. The zero-order chi connectivity index (χ0) is 12.3. The van der Waals surface area contributed by atoms with Crippen LogP contribution in [0.2, 0.25) is 5.02 Å². The van der Waals surface area contributed by atoms with Gasteiger partial charge in [0.15, 0.2) is 0 Å². The number of halogens is 1. The first-order valence-corrected chi connectivity index (χ1v) is 6.80. The highest BCUT2D eigenvalue weighted by Gasteiger charge is 1.94. The van der Waals surface area contributed by atoms with Gasteiger partial charge in [0.2, 0.25) is 0 Å². The van der Waals surface area contributed by atoms with E-state index in [1.165, 1.54) is 25.7 Å². The Balaban J connectivity index is 1.97. The second-order valence-corrected chi connectivity index (χ2v) is 4.55. The lowest BCUT2D eigenvalue weighted by molar-refractivity contribution is 0.313. The van der Waals surface area contributed by atoms with Crippen molar-refractivity contribution in [3.63, 3.8) is 0 Å². The fraction of sp³-hybridized carbons (Fsp3) is 0.571. The maximum atomic E-state index is 5.86. The topological polar surface area (TPSA) is 21.3 Å². The van der Waals surface area contributed by atoms with Gasteiger partial charge in [-0.25, -0.2) is 0 Å². The Hall–Kier alpha value is -0.730. The van der Waals surface area contributed by atoms with Crippen LogP contribution >= 0.6 is 11.6 Å². The monoisotopic (exact) mass is 255 g/mol. The molecule has 17 heavy (non-hydrogen) atoms. The maximum absolute atomic E-state index is 5.86. The molecule has 0 bridgehead atoms. The van der Waals surface area contributed by atoms with E-state index in [9.17, 15) is 0 Å². The van der Waals surface area contributed by atoms with Gasteiger partial charge in [-0.2, -0.15) is 0 Å². The van der Waals surface area contributed by atoms with E-state index in [4.69, 9.17) is 16.3 Å². The van der Waals surface area contributed by atoms with E-state index in [0.29, 0.717) is 6.61 Å². The summed E-state index contributed by atoms with van der Waals surface area (Å²) in [6, 6.07) is 7.51. The van der Waals surface area contributed by atoms with Crippen LogP contribution in [0, 0.1) is 0 Å². The van der Waals surface area contributed by atoms with Crippen molar-refractivity contribution in [1.82, 2.24) is 5.32 Å². The minimum Gasteiger partial charge on any atom is -0.492 e. The van der Waals surface area contributed by atoms with Gasteiger partial charge in [0, 0.05) is 11.6 Å². The van der Waals surface area contributed by atoms with Crippen molar-refractivity contribution >= 4 is 11.6 Å². The number of hydrogen-bond acceptors (Lipinski definition) is 2. The first-order chi connectivity index (χ1) is 8.33. The second-order valence-electron chi connectivity index (χ2n) is 4.12. The SMILES string of the molecule is CCCCCCNCCOc1cccc(Cl)c1. The summed E-state index contributed by atoms with van der Waals surface area (Å²) in [5.74, 6) is 0.838. The van der Waals surface area contributed by atoms with Crippen molar-refractivity contribution in [3.05, 3.63) is 29.3 Å². The van der Waals surface area contributed by atoms with Gasteiger partial charge >= 0.3 is 0 Å². The molecule has 0 aromatic heterocycles. The minimum atomic E-state index is 0.689. The number of ether oxygens (including phenoxy) is 1. The Bertz CT molecular complexity index is 304. The van der Waals surface area contributed by atoms with E-state index in [1.54, 1.807) is 0 Å². The first kappa shape index (κ1) is 14.3. The Morgan fingerprint density at radius 2 is 2.06 bits per heavy atom. The van der Waals surface area contributed by atoms with Crippen LogP contribution in [0.25, 0.3) is 0 Å². The zero-order valence-corrected chi connectivity index (χ0v) is 11.3. The summed E-state index contributed by atoms with van der Waals surface area (Å²) in [4.78, 5) is 0. The van der Waals surface area contributed by atoms with Crippen molar-refractivity contribution in [3.8, 4) is 5.75 Å². The molecule has 0 spiro atoms. The number of unbranched alkanes of at least 4 members (excludes halogenated alkanes) is 3. The Kier molecular flexibility index (Phi) is 7.85. The van der Waals surface area contributed by atoms with Gasteiger partial charge in [-0.1, -0.05) is 43.9 Å². The van der Waals surface area contributed by atoms with Crippen LogP contribution in [0.3, 0.4) is 0 Å². The molecule has 0 heterocycles. The van der Waals surface area contributed by atoms with E-state index in [2.05, 4.69) is 12.2 Å². The van der Waals surface area contributed by atoms with Gasteiger partial charge in [0.25, 0.3) is 0 Å². The van der Waals surface area contributed by atoms with Crippen molar-refractivity contribution < 1.29 is 4.74 Å². The molecular formula is C14H22ClNO. The van der Waals surface area contributed by atoms with Gasteiger partial charge in [-0.05, 0) is 31.2 Å². The molecule has 0 amide bonds. The van der Waals surface area contributed by atoms with Gasteiger partial charge in [0.05, 0.1) is 0 Å². The van der Waals surface area contributed by atoms with Crippen molar-refractivity contribution in [1.29, 1.82) is 0 Å². The summed E-state index contributed by atoms with van der Waals surface area (Å²) in [7, 11) is 0. The van der Waals surface area contributed by atoms with Crippen LogP contribution in [-0.2, 0) is 0 Å². The zero-order valence-electron chi connectivity index (χ0n) is 10.5. The number of nitrogens with one attached hydrogen (secondary N) is 1. The Morgan fingerprint density at radius 3 is 2.82 bits per heavy atom. The van der Waals surface area contributed by atoms with Crippen LogP contribution in [0.1, 0.15) is 32.6 Å². The average Bonchev–Trinajstić information content (AvgIpc) is 2.33. The fourth-order valence-electron chi connectivity index (χ4n) is 1.60. The van der Waals surface area contributed by atoms with Crippen LogP contribution in [0.15, 0.2) is 24.3 Å². The van der Waals surface area contributed by atoms with E-state index in [1.807, 2.05) is 24.3 Å². The number of rotatable bonds is 9. The summed E-state index contributed by atoms with van der Waals surface area (Å²) < 4.78 is 5.57. The van der Waals surface area contributed by atoms with E-state index >= 15 is 0 Å². The van der Waals surface area contributed by atoms with E-state index in [0.717, 1.165) is 23.9 Å². The lowest BCUT2D eigenvalue weighted by atomic mass is 10.2. The van der Waals surface area contributed by atoms with Crippen LogP contribution in [0.4, 0.5) is 0 Å². The molecule has 1 rings (SSSR count). The van der Waals surface area contributed by atoms with Crippen molar-refractivity contribution in [2.75, 3.05) is 19.7 Å². The van der Waals surface area contributed by atoms with Crippen molar-refractivity contribution in [2.24, 2.45) is 0 Å². The molecular weight excluding hydrogens is 234 g/mol. The summed E-state index contributed by atoms with van der Waals surface area (Å²) in [6.07, 6.45) is 5.20. The average molecular weight is 256 g/mol. The molecule has 0 aliphatic heterocycles. The molecule has 0 atom stereocenters. The molecule has 1 aromatic carbocycles. The second kappa shape index (κ2) is 9.32. The molecule has 1 N–H and O–H groups in total. The van der Waals surface area contributed by atoms with Crippen LogP contribution in [0.5, 0.6) is 5.75 Å². The molecule has 0 aliphatic carbocycles. The molecule has 96 valence electrons. The molecule has 0 unspecified atom stereocenters. The quantitative estimate of drug-likeness (QED) is 0.676. The molecule has 0 saturated carbocycles. The highest BCUT2D eigenvalue weighted by atomic mass is 35.5. The predicted molar refractivity (Wildman–Crippen MR) is 74.0 cm³/mol. The molecule has 0 aliphatic rings. The minimum absolute atomic E-state index is 0.689. The Labute approximate surface area is 109 Å². The third-order valence-corrected chi connectivity index (χ3v) is 2.79. The smallest absolute Gasteiger partial charge is 0.120 e. The summed E-state index contributed by atoms with van der Waals surface area (Å²) in [5.41, 5.74) is 0. The molecule has 0 fully saturated rings. The third-order valence-electron chi connectivity index (χ3n) is 2.55. The lowest BCUT2D eigenvalue weighted by Gasteiger charge is -2.07. The molecule has 0 saturated heterocycles. The predicted octanol–water partition coefficient (Wildman–Crippen LogP) is 3.89. The summed E-state index contributed by atoms with van der Waals surface area (Å²) in [6.45, 7) is 4.89. The lowest BCUT2D eigenvalue weighted by Crippen LogP contribution is -2.22. The third kappa shape index (κ3) is 7.24. The fourth-order valence-corrected chi connectivity index (χ4v) is 1.78. The largest absolute Gasteiger partial charge is 0.492 e. The highest BCUT2D eigenvalue weighted by Crippen LogP contribution is 2.16. The molecule has 3 heteroatoms. The summed E-state index contributed by atoms with van der Waals surface area (Å²) >= 11 is 5.86. The van der Waals surface area contributed by atoms with Gasteiger partial charge in [-0.3, -0.25) is 0 Å². The molecule has 0 radical (unpaired) electrons. The molecule has 1 aromatic rings. The van der Waals surface area contributed by atoms with E-state index < -0.39 is 0 Å². The number of benzene rings is 1. The van der Waals surface area contributed by atoms with Gasteiger partial charge in [-0.15, -0.1) is 0 Å². The van der Waals surface area contributed by atoms with Crippen LogP contribution < -0.4 is 10.1 Å². The number of hydrogen-bond donors (Lipinski definition) is 1. The molecule has 2 nitrogen and oxygen atoms in total. The highest BCUT2D eigenvalue weighted by molar-refractivity contribution is 6.30. The summed E-state index contributed by atoms with van der Waals surface area (Å²) in [5, 5.41) is 4.09. The van der Waals surface area contributed by atoms with Gasteiger partial charge in [0.1, 0.15) is 12.4 Å². The maximum Gasteiger partial charge on any atom is 0.120 e. The Morgan fingerprint density at radius 1 is 1.18 bits per heavy atom. The normalized spacial score (nSPS) is 10.5. The first-order valence-electron chi connectivity index (χ1n) is 6.42.